The third-order valence-electron chi connectivity index (χ3n) is 3.08. The van der Waals surface area contributed by atoms with Gasteiger partial charge in [-0.2, -0.15) is 0 Å². The summed E-state index contributed by atoms with van der Waals surface area (Å²) in [4.78, 5) is 12.7. The topological polar surface area (TPSA) is 50.2 Å². The largest absolute Gasteiger partial charge is 0.400 e. The van der Waals surface area contributed by atoms with Crippen LogP contribution in [-0.2, 0) is 24.9 Å². The zero-order valence-corrected chi connectivity index (χ0v) is 15.9. The molecule has 0 aliphatic carbocycles. The van der Waals surface area contributed by atoms with Crippen molar-refractivity contribution < 1.29 is 30.0 Å². The summed E-state index contributed by atoms with van der Waals surface area (Å²) in [6.45, 7) is 6.18. The van der Waals surface area contributed by atoms with Crippen LogP contribution in [0.1, 0.15) is 11.1 Å². The number of hydrogen-bond acceptors (Lipinski definition) is 3. The summed E-state index contributed by atoms with van der Waals surface area (Å²) >= 11 is 0. The fourth-order valence-electron chi connectivity index (χ4n) is 2.11. The Hall–Kier alpha value is -1.87. The molecule has 0 saturated heterocycles. The van der Waals surface area contributed by atoms with Crippen molar-refractivity contribution >= 4 is 17.7 Å². The number of aromatic nitrogens is 1. The van der Waals surface area contributed by atoms with Gasteiger partial charge in [-0.05, 0) is 29.6 Å². The molecule has 3 nitrogen and oxygen atoms in total. The summed E-state index contributed by atoms with van der Waals surface area (Å²) in [7, 11) is 1.00. The minimum absolute atomic E-state index is 0. The van der Waals surface area contributed by atoms with E-state index in [9.17, 15) is 0 Å². The van der Waals surface area contributed by atoms with E-state index in [1.807, 2.05) is 12.9 Å². The van der Waals surface area contributed by atoms with Crippen LogP contribution in [0, 0.1) is 19.9 Å². The fraction of sp³-hybridized carbons (Fsp3) is 0.158. The van der Waals surface area contributed by atoms with Crippen LogP contribution in [-0.4, -0.2) is 24.0 Å². The van der Waals surface area contributed by atoms with Gasteiger partial charge in [-0.25, -0.2) is 0 Å². The number of pyridine rings is 1. The SMILES string of the molecule is C=O.CO.Cc1cc[c-]c(-c2ccc3ccc(C)cc3n2)c1.[Ir]. The van der Waals surface area contributed by atoms with Crippen LogP contribution in [0.5, 0.6) is 0 Å². The maximum Gasteiger partial charge on any atom is 0.106 e. The van der Waals surface area contributed by atoms with Gasteiger partial charge in [0, 0.05) is 27.2 Å². The Kier molecular flexibility index (Phi) is 9.91. The van der Waals surface area contributed by atoms with E-state index in [1.54, 1.807) is 0 Å². The fourth-order valence-corrected chi connectivity index (χ4v) is 2.11. The summed E-state index contributed by atoms with van der Waals surface area (Å²) in [5, 5.41) is 8.18. The van der Waals surface area contributed by atoms with Crippen molar-refractivity contribution in [2.75, 3.05) is 7.11 Å². The second-order valence-electron chi connectivity index (χ2n) is 4.67. The molecule has 0 fully saturated rings. The normalized spacial score (nSPS) is 8.87. The predicted octanol–water partition coefficient (Wildman–Crippen LogP) is 3.74. The minimum atomic E-state index is 0. The van der Waals surface area contributed by atoms with Gasteiger partial charge in [-0.3, -0.25) is 4.98 Å². The van der Waals surface area contributed by atoms with Crippen molar-refractivity contribution in [2.24, 2.45) is 0 Å². The molecular formula is C19H20IrNO2-. The van der Waals surface area contributed by atoms with E-state index in [0.29, 0.717) is 0 Å². The minimum Gasteiger partial charge on any atom is -0.400 e. The monoisotopic (exact) mass is 487 g/mol. The van der Waals surface area contributed by atoms with Gasteiger partial charge in [0.25, 0.3) is 0 Å². The quantitative estimate of drug-likeness (QED) is 0.534. The Morgan fingerprint density at radius 2 is 1.57 bits per heavy atom. The van der Waals surface area contributed by atoms with Gasteiger partial charge in [0.15, 0.2) is 0 Å². The number of aliphatic hydroxyl groups excluding tert-OH is 1. The molecule has 0 aliphatic heterocycles. The number of carbonyl (C=O) groups excluding carboxylic acids is 1. The summed E-state index contributed by atoms with van der Waals surface area (Å²) in [6, 6.07) is 19.9. The van der Waals surface area contributed by atoms with E-state index in [-0.39, 0.29) is 20.1 Å². The van der Waals surface area contributed by atoms with Gasteiger partial charge in [0.2, 0.25) is 0 Å². The van der Waals surface area contributed by atoms with Crippen molar-refractivity contribution in [1.29, 1.82) is 0 Å². The molecule has 0 atom stereocenters. The Bertz CT molecular complexity index is 744. The molecule has 1 radical (unpaired) electrons. The first-order valence-electron chi connectivity index (χ1n) is 6.82. The zero-order valence-electron chi connectivity index (χ0n) is 13.5. The average molecular weight is 487 g/mol. The van der Waals surface area contributed by atoms with Crippen molar-refractivity contribution in [3.63, 3.8) is 0 Å². The molecule has 0 amide bonds. The second-order valence-corrected chi connectivity index (χ2v) is 4.67. The summed E-state index contributed by atoms with van der Waals surface area (Å²) in [6.07, 6.45) is 0. The number of aryl methyl sites for hydroxylation is 2. The average Bonchev–Trinajstić information content (AvgIpc) is 2.58. The maximum absolute atomic E-state index is 8.00. The molecule has 3 rings (SSSR count). The molecule has 123 valence electrons. The van der Waals surface area contributed by atoms with Crippen LogP contribution in [0.3, 0.4) is 0 Å². The Balaban J connectivity index is 0.000000901. The van der Waals surface area contributed by atoms with Crippen molar-refractivity contribution in [3.8, 4) is 11.3 Å². The molecule has 1 N–H and O–H groups in total. The van der Waals surface area contributed by atoms with E-state index in [0.717, 1.165) is 23.9 Å². The first-order chi connectivity index (χ1) is 10.7. The summed E-state index contributed by atoms with van der Waals surface area (Å²) < 4.78 is 0. The molecule has 0 bridgehead atoms. The van der Waals surface area contributed by atoms with E-state index in [1.165, 1.54) is 16.5 Å². The van der Waals surface area contributed by atoms with Gasteiger partial charge in [0.05, 0.1) is 5.52 Å². The van der Waals surface area contributed by atoms with E-state index >= 15 is 0 Å². The Morgan fingerprint density at radius 1 is 0.957 bits per heavy atom. The maximum atomic E-state index is 8.00. The number of carbonyl (C=O) groups is 1. The smallest absolute Gasteiger partial charge is 0.106 e. The third kappa shape index (κ3) is 5.68. The first kappa shape index (κ1) is 21.1. The predicted molar refractivity (Wildman–Crippen MR) is 90.8 cm³/mol. The summed E-state index contributed by atoms with van der Waals surface area (Å²) in [5.41, 5.74) is 5.55. The van der Waals surface area contributed by atoms with E-state index < -0.39 is 0 Å². The third-order valence-corrected chi connectivity index (χ3v) is 3.08. The van der Waals surface area contributed by atoms with Gasteiger partial charge in [0.1, 0.15) is 6.79 Å². The summed E-state index contributed by atoms with van der Waals surface area (Å²) in [5.74, 6) is 0. The molecular weight excluding hydrogens is 466 g/mol. The number of benzene rings is 2. The van der Waals surface area contributed by atoms with E-state index in [2.05, 4.69) is 62.4 Å². The number of fused-ring (bicyclic) bond motifs is 1. The van der Waals surface area contributed by atoms with Crippen LogP contribution < -0.4 is 0 Å². The molecule has 1 heterocycles. The zero-order chi connectivity index (χ0) is 16.5. The van der Waals surface area contributed by atoms with Crippen molar-refractivity contribution in [2.45, 2.75) is 13.8 Å². The van der Waals surface area contributed by atoms with Crippen LogP contribution in [0.25, 0.3) is 22.2 Å². The van der Waals surface area contributed by atoms with Crippen molar-refractivity contribution in [1.82, 2.24) is 4.98 Å². The molecule has 23 heavy (non-hydrogen) atoms. The number of rotatable bonds is 1. The number of hydrogen-bond donors (Lipinski definition) is 1. The Labute approximate surface area is 150 Å². The first-order valence-corrected chi connectivity index (χ1v) is 6.82. The molecule has 0 aliphatic rings. The molecule has 2 aromatic carbocycles. The van der Waals surface area contributed by atoms with Gasteiger partial charge < -0.3 is 9.90 Å². The second kappa shape index (κ2) is 10.8. The molecule has 3 aromatic rings. The van der Waals surface area contributed by atoms with Gasteiger partial charge >= 0.3 is 0 Å². The van der Waals surface area contributed by atoms with Gasteiger partial charge in [-0.15, -0.1) is 35.4 Å². The van der Waals surface area contributed by atoms with Crippen LogP contribution in [0.15, 0.2) is 48.5 Å². The van der Waals surface area contributed by atoms with Crippen LogP contribution >= 0.6 is 0 Å². The standard InChI is InChI=1S/C17H14N.CH4O.CH2O.Ir/c1-12-4-3-5-15(10-12)16-9-8-14-7-6-13(2)11-17(14)18-16;2*1-2;/h3-4,6-11H,1-2H3;2H,1H3;1H2;/q-1;;;. The molecule has 0 unspecified atom stereocenters. The van der Waals surface area contributed by atoms with E-state index in [4.69, 9.17) is 14.9 Å². The molecule has 0 saturated carbocycles. The van der Waals surface area contributed by atoms with Crippen LogP contribution in [0.4, 0.5) is 0 Å². The Morgan fingerprint density at radius 3 is 2.22 bits per heavy atom. The van der Waals surface area contributed by atoms with Gasteiger partial charge in [-0.1, -0.05) is 31.2 Å². The molecule has 4 heteroatoms. The molecule has 1 aromatic heterocycles. The van der Waals surface area contributed by atoms with Crippen LogP contribution in [0.2, 0.25) is 0 Å². The number of nitrogens with zero attached hydrogens (tertiary/aromatic N) is 1. The number of aliphatic hydroxyl groups is 1. The van der Waals surface area contributed by atoms with Crippen molar-refractivity contribution in [3.05, 3.63) is 65.7 Å². The molecule has 0 spiro atoms.